The summed E-state index contributed by atoms with van der Waals surface area (Å²) in [6, 6.07) is 5.58. The molecule has 1 aromatic carbocycles. The van der Waals surface area contributed by atoms with E-state index >= 15 is 0 Å². The number of rotatable bonds is 6. The van der Waals surface area contributed by atoms with Crippen LogP contribution in [0.1, 0.15) is 25.8 Å². The van der Waals surface area contributed by atoms with Crippen LogP contribution in [0.2, 0.25) is 0 Å². The van der Waals surface area contributed by atoms with Crippen molar-refractivity contribution in [3.63, 3.8) is 0 Å². The molecule has 2 amide bonds. The molecule has 0 aliphatic carbocycles. The largest absolute Gasteiger partial charge is 0.331 e. The Labute approximate surface area is 126 Å². The zero-order valence-corrected chi connectivity index (χ0v) is 13.6. The third-order valence-corrected chi connectivity index (χ3v) is 3.01. The van der Waals surface area contributed by atoms with Gasteiger partial charge in [-0.15, -0.1) is 0 Å². The fourth-order valence-corrected chi connectivity index (χ4v) is 2.14. The first kappa shape index (κ1) is 17.2. The van der Waals surface area contributed by atoms with Gasteiger partial charge in [0.15, 0.2) is 0 Å². The van der Waals surface area contributed by atoms with E-state index < -0.39 is 0 Å². The van der Waals surface area contributed by atoms with Crippen LogP contribution >= 0.6 is 0 Å². The lowest BCUT2D eigenvalue weighted by molar-refractivity contribution is -0.870. The minimum Gasteiger partial charge on any atom is -0.331 e. The number of nitrogens with zero attached hydrogens (tertiary/aromatic N) is 1. The maximum absolute atomic E-state index is 11.3. The number of benzene rings is 1. The van der Waals surface area contributed by atoms with Crippen LogP contribution in [0.3, 0.4) is 0 Å². The first-order valence-corrected chi connectivity index (χ1v) is 7.16. The lowest BCUT2D eigenvalue weighted by Gasteiger charge is -2.24. The van der Waals surface area contributed by atoms with Crippen molar-refractivity contribution in [1.29, 1.82) is 0 Å². The van der Waals surface area contributed by atoms with Gasteiger partial charge in [-0.05, 0) is 30.2 Å². The van der Waals surface area contributed by atoms with Gasteiger partial charge >= 0.3 is 0 Å². The van der Waals surface area contributed by atoms with Crippen LogP contribution in [0, 0.1) is 0 Å². The summed E-state index contributed by atoms with van der Waals surface area (Å²) in [7, 11) is 6.47. The van der Waals surface area contributed by atoms with E-state index in [0.717, 1.165) is 40.8 Å². The van der Waals surface area contributed by atoms with Crippen molar-refractivity contribution in [1.82, 2.24) is 0 Å². The quantitative estimate of drug-likeness (QED) is 0.790. The van der Waals surface area contributed by atoms with Gasteiger partial charge in [0.2, 0.25) is 11.8 Å². The summed E-state index contributed by atoms with van der Waals surface area (Å²) in [6.45, 7) is 4.03. The van der Waals surface area contributed by atoms with Crippen LogP contribution in [0.15, 0.2) is 18.2 Å². The molecule has 0 aliphatic rings. The van der Waals surface area contributed by atoms with Gasteiger partial charge in [0.05, 0.1) is 27.7 Å². The van der Waals surface area contributed by atoms with Crippen molar-refractivity contribution in [3.8, 4) is 0 Å². The summed E-state index contributed by atoms with van der Waals surface area (Å²) in [5, 5.41) is 5.62. The van der Waals surface area contributed by atoms with Crippen molar-refractivity contribution in [3.05, 3.63) is 23.8 Å². The number of hydrogen-bond acceptors (Lipinski definition) is 2. The third kappa shape index (κ3) is 6.90. The average Bonchev–Trinajstić information content (AvgIpc) is 2.29. The average molecular weight is 292 g/mol. The number of hydrogen-bond donors (Lipinski definition) is 2. The minimum absolute atomic E-state index is 0.0878. The van der Waals surface area contributed by atoms with Gasteiger partial charge in [0, 0.05) is 31.6 Å². The van der Waals surface area contributed by atoms with E-state index in [2.05, 4.69) is 31.8 Å². The van der Waals surface area contributed by atoms with Gasteiger partial charge in [-0.1, -0.05) is 0 Å². The summed E-state index contributed by atoms with van der Waals surface area (Å²) in [4.78, 5) is 22.4. The smallest absolute Gasteiger partial charge is 0.221 e. The van der Waals surface area contributed by atoms with Crippen LogP contribution < -0.4 is 10.6 Å². The van der Waals surface area contributed by atoms with Gasteiger partial charge < -0.3 is 15.1 Å². The van der Waals surface area contributed by atoms with E-state index in [9.17, 15) is 9.59 Å². The molecule has 2 N–H and O–H groups in total. The molecule has 1 rings (SSSR count). The normalized spacial score (nSPS) is 11.1. The minimum atomic E-state index is -0.0976. The van der Waals surface area contributed by atoms with Crippen molar-refractivity contribution in [2.24, 2.45) is 0 Å². The molecule has 0 spiro atoms. The maximum Gasteiger partial charge on any atom is 0.221 e. The van der Waals surface area contributed by atoms with Crippen LogP contribution in [0.5, 0.6) is 0 Å². The van der Waals surface area contributed by atoms with E-state index in [4.69, 9.17) is 0 Å². The Hall–Kier alpha value is -1.88. The van der Waals surface area contributed by atoms with Gasteiger partial charge in [-0.25, -0.2) is 0 Å². The van der Waals surface area contributed by atoms with Gasteiger partial charge in [-0.2, -0.15) is 0 Å². The third-order valence-electron chi connectivity index (χ3n) is 3.01. The van der Waals surface area contributed by atoms with E-state index in [1.165, 1.54) is 13.8 Å². The number of quaternary nitrogens is 1. The van der Waals surface area contributed by atoms with Crippen LogP contribution in [0.4, 0.5) is 11.4 Å². The Morgan fingerprint density at radius 1 is 1.05 bits per heavy atom. The lowest BCUT2D eigenvalue weighted by Crippen LogP contribution is -2.35. The zero-order valence-electron chi connectivity index (χ0n) is 13.6. The van der Waals surface area contributed by atoms with Gasteiger partial charge in [0.1, 0.15) is 0 Å². The second-order valence-electron chi connectivity index (χ2n) is 6.35. The predicted molar refractivity (Wildman–Crippen MR) is 86.3 cm³/mol. The number of nitrogens with one attached hydrogen (secondary N) is 2. The SMILES string of the molecule is CC(=O)Nc1ccc(NC(C)=O)c(CCC[N+](C)(C)C)c1. The van der Waals surface area contributed by atoms with Gasteiger partial charge in [-0.3, -0.25) is 9.59 Å². The highest BCUT2D eigenvalue weighted by molar-refractivity contribution is 5.92. The molecule has 5 nitrogen and oxygen atoms in total. The Balaban J connectivity index is 2.88. The van der Waals surface area contributed by atoms with Crippen molar-refractivity contribution >= 4 is 23.2 Å². The Kier molecular flexibility index (Phi) is 5.90. The van der Waals surface area contributed by atoms with Crippen molar-refractivity contribution in [2.75, 3.05) is 38.3 Å². The van der Waals surface area contributed by atoms with E-state index in [-0.39, 0.29) is 11.8 Å². The molecular weight excluding hydrogens is 266 g/mol. The highest BCUT2D eigenvalue weighted by atomic mass is 16.2. The molecule has 0 saturated carbocycles. The Morgan fingerprint density at radius 2 is 1.67 bits per heavy atom. The predicted octanol–water partition coefficient (Wildman–Crippen LogP) is 2.24. The highest BCUT2D eigenvalue weighted by Crippen LogP contribution is 2.22. The second-order valence-corrected chi connectivity index (χ2v) is 6.35. The molecule has 0 fully saturated rings. The first-order valence-electron chi connectivity index (χ1n) is 7.16. The molecule has 21 heavy (non-hydrogen) atoms. The van der Waals surface area contributed by atoms with E-state index in [1.807, 2.05) is 12.1 Å². The van der Waals surface area contributed by atoms with Crippen LogP contribution in [-0.4, -0.2) is 44.0 Å². The molecule has 0 aromatic heterocycles. The van der Waals surface area contributed by atoms with Gasteiger partial charge in [0.25, 0.3) is 0 Å². The molecule has 1 aromatic rings. The zero-order chi connectivity index (χ0) is 16.0. The standard InChI is InChI=1S/C16H25N3O2/c1-12(20)17-15-8-9-16(18-13(2)21)14(11-15)7-6-10-19(3,4)5/h8-9,11H,6-7,10H2,1-5H3,(H-,17,18,20,21)/p+1. The number of anilines is 2. The molecule has 0 unspecified atom stereocenters. The number of amides is 2. The summed E-state index contributed by atoms with van der Waals surface area (Å²) >= 11 is 0. The molecular formula is C16H26N3O2+. The molecule has 0 heterocycles. The lowest BCUT2D eigenvalue weighted by atomic mass is 10.1. The fraction of sp³-hybridized carbons (Fsp3) is 0.500. The van der Waals surface area contributed by atoms with E-state index in [0.29, 0.717) is 0 Å². The first-order chi connectivity index (χ1) is 9.67. The number of aryl methyl sites for hydroxylation is 1. The molecule has 0 aliphatic heterocycles. The molecule has 0 atom stereocenters. The molecule has 5 heteroatoms. The Morgan fingerprint density at radius 3 is 2.19 bits per heavy atom. The van der Waals surface area contributed by atoms with E-state index in [1.54, 1.807) is 6.07 Å². The Bertz CT molecular complexity index is 519. The summed E-state index contributed by atoms with van der Waals surface area (Å²) in [5.74, 6) is -0.185. The van der Waals surface area contributed by atoms with Crippen molar-refractivity contribution in [2.45, 2.75) is 26.7 Å². The summed E-state index contributed by atoms with van der Waals surface area (Å²) in [6.07, 6.45) is 1.87. The molecule has 0 radical (unpaired) electrons. The fourth-order valence-electron chi connectivity index (χ4n) is 2.14. The van der Waals surface area contributed by atoms with Crippen molar-refractivity contribution < 1.29 is 14.1 Å². The highest BCUT2D eigenvalue weighted by Gasteiger charge is 2.10. The van der Waals surface area contributed by atoms with Crippen LogP contribution in [0.25, 0.3) is 0 Å². The second kappa shape index (κ2) is 7.22. The number of carbonyl (C=O) groups excluding carboxylic acids is 2. The number of carbonyl (C=O) groups is 2. The molecule has 0 saturated heterocycles. The summed E-state index contributed by atoms with van der Waals surface area (Å²) < 4.78 is 0.904. The monoisotopic (exact) mass is 292 g/mol. The topological polar surface area (TPSA) is 58.2 Å². The summed E-state index contributed by atoms with van der Waals surface area (Å²) in [5.41, 5.74) is 2.62. The molecule has 116 valence electrons. The van der Waals surface area contributed by atoms with Crippen LogP contribution in [-0.2, 0) is 16.0 Å². The maximum atomic E-state index is 11.3. The molecule has 0 bridgehead atoms.